The van der Waals surface area contributed by atoms with Crippen LogP contribution >= 0.6 is 0 Å². The molecule has 3 heterocycles. The van der Waals surface area contributed by atoms with Gasteiger partial charge >= 0.3 is 0 Å². The smallest absolute Gasteiger partial charge is 0.267 e. The zero-order valence-corrected chi connectivity index (χ0v) is 16.5. The number of amides is 1. The number of furan rings is 1. The number of hydrogen-bond acceptors (Lipinski definition) is 4. The van der Waals surface area contributed by atoms with Crippen molar-refractivity contribution < 1.29 is 9.21 Å². The molecule has 150 valence electrons. The fourth-order valence-electron chi connectivity index (χ4n) is 3.93. The van der Waals surface area contributed by atoms with Gasteiger partial charge in [0.15, 0.2) is 5.76 Å². The average Bonchev–Trinajstić information content (AvgIpc) is 3.29. The van der Waals surface area contributed by atoms with Crippen LogP contribution in [0.3, 0.4) is 0 Å². The molecule has 1 atom stereocenters. The SMILES string of the molecule is CC(C(=O)N1CCC(Cc2ccccc2)CC1)n1nc(-c2ccco2)ccc1=O. The van der Waals surface area contributed by atoms with Gasteiger partial charge in [-0.25, -0.2) is 4.68 Å². The highest BCUT2D eigenvalue weighted by Crippen LogP contribution is 2.23. The largest absolute Gasteiger partial charge is 0.463 e. The van der Waals surface area contributed by atoms with Crippen molar-refractivity contribution in [3.8, 4) is 11.5 Å². The second-order valence-electron chi connectivity index (χ2n) is 7.61. The number of rotatable bonds is 5. The molecule has 1 aliphatic heterocycles. The van der Waals surface area contributed by atoms with Crippen LogP contribution < -0.4 is 5.56 Å². The number of benzene rings is 1. The Bertz CT molecular complexity index is 1000. The first kappa shape index (κ1) is 19.2. The third-order valence-corrected chi connectivity index (χ3v) is 5.62. The van der Waals surface area contributed by atoms with Gasteiger partial charge in [0.05, 0.1) is 6.26 Å². The normalized spacial score (nSPS) is 16.0. The topological polar surface area (TPSA) is 68.3 Å². The molecule has 6 heteroatoms. The number of carbonyl (C=O) groups is 1. The summed E-state index contributed by atoms with van der Waals surface area (Å²) in [6, 6.07) is 16.4. The van der Waals surface area contributed by atoms with Gasteiger partial charge in [-0.3, -0.25) is 9.59 Å². The van der Waals surface area contributed by atoms with Gasteiger partial charge in [0.25, 0.3) is 5.56 Å². The molecule has 1 amide bonds. The molecule has 1 aromatic carbocycles. The molecule has 0 saturated carbocycles. The summed E-state index contributed by atoms with van der Waals surface area (Å²) in [5.74, 6) is 1.09. The summed E-state index contributed by atoms with van der Waals surface area (Å²) in [5, 5.41) is 4.36. The lowest BCUT2D eigenvalue weighted by Gasteiger charge is -2.33. The molecule has 1 unspecified atom stereocenters. The highest BCUT2D eigenvalue weighted by atomic mass is 16.3. The molecule has 0 bridgehead atoms. The van der Waals surface area contributed by atoms with Crippen molar-refractivity contribution in [1.82, 2.24) is 14.7 Å². The first-order valence-electron chi connectivity index (χ1n) is 10.1. The van der Waals surface area contributed by atoms with E-state index in [1.54, 1.807) is 31.4 Å². The maximum atomic E-state index is 13.0. The third-order valence-electron chi connectivity index (χ3n) is 5.62. The summed E-state index contributed by atoms with van der Waals surface area (Å²) in [4.78, 5) is 27.2. The third kappa shape index (κ3) is 4.31. The van der Waals surface area contributed by atoms with Crippen molar-refractivity contribution >= 4 is 5.91 Å². The minimum atomic E-state index is -0.650. The molecular weight excluding hydrogens is 366 g/mol. The molecule has 29 heavy (non-hydrogen) atoms. The zero-order chi connectivity index (χ0) is 20.2. The van der Waals surface area contributed by atoms with Crippen LogP contribution in [0.15, 0.2) is 70.1 Å². The average molecular weight is 391 g/mol. The Morgan fingerprint density at radius 1 is 1.10 bits per heavy atom. The molecule has 4 rings (SSSR count). The number of likely N-dealkylation sites (tertiary alicyclic amines) is 1. The number of hydrogen-bond donors (Lipinski definition) is 0. The predicted octanol–water partition coefficient (Wildman–Crippen LogP) is 3.55. The summed E-state index contributed by atoms with van der Waals surface area (Å²) >= 11 is 0. The number of piperidine rings is 1. The van der Waals surface area contributed by atoms with Crippen LogP contribution in [0, 0.1) is 5.92 Å². The minimum absolute atomic E-state index is 0.0608. The molecule has 3 aromatic rings. The number of carbonyl (C=O) groups excluding carboxylic acids is 1. The fraction of sp³-hybridized carbons (Fsp3) is 0.348. The van der Waals surface area contributed by atoms with Crippen molar-refractivity contribution in [2.24, 2.45) is 5.92 Å². The Balaban J connectivity index is 1.41. The lowest BCUT2D eigenvalue weighted by molar-refractivity contribution is -0.136. The van der Waals surface area contributed by atoms with E-state index in [0.717, 1.165) is 19.3 Å². The van der Waals surface area contributed by atoms with Gasteiger partial charge in [0, 0.05) is 19.2 Å². The molecule has 1 aliphatic rings. The first-order chi connectivity index (χ1) is 14.1. The first-order valence-corrected chi connectivity index (χ1v) is 10.1. The van der Waals surface area contributed by atoms with E-state index in [1.807, 2.05) is 11.0 Å². The Hall–Kier alpha value is -3.15. The molecule has 1 fully saturated rings. The monoisotopic (exact) mass is 391 g/mol. The summed E-state index contributed by atoms with van der Waals surface area (Å²) in [6.45, 7) is 3.17. The molecule has 0 radical (unpaired) electrons. The van der Waals surface area contributed by atoms with Crippen LogP contribution in [0.5, 0.6) is 0 Å². The summed E-state index contributed by atoms with van der Waals surface area (Å²) in [5.41, 5.74) is 1.59. The van der Waals surface area contributed by atoms with E-state index in [4.69, 9.17) is 4.42 Å². The van der Waals surface area contributed by atoms with Crippen molar-refractivity contribution in [2.45, 2.75) is 32.2 Å². The van der Waals surface area contributed by atoms with Gasteiger partial charge in [-0.1, -0.05) is 30.3 Å². The zero-order valence-electron chi connectivity index (χ0n) is 16.5. The predicted molar refractivity (Wildman–Crippen MR) is 110 cm³/mol. The lowest BCUT2D eigenvalue weighted by Crippen LogP contribution is -2.44. The Labute approximate surface area is 169 Å². The number of nitrogens with zero attached hydrogens (tertiary/aromatic N) is 3. The maximum absolute atomic E-state index is 13.0. The van der Waals surface area contributed by atoms with Crippen LogP contribution in [0.2, 0.25) is 0 Å². The van der Waals surface area contributed by atoms with Crippen molar-refractivity contribution in [3.05, 3.63) is 76.8 Å². The molecule has 0 aliphatic carbocycles. The van der Waals surface area contributed by atoms with Crippen LogP contribution in [-0.2, 0) is 11.2 Å². The Kier molecular flexibility index (Phi) is 5.60. The summed E-state index contributed by atoms with van der Waals surface area (Å²) in [6.07, 6.45) is 4.55. The van der Waals surface area contributed by atoms with Crippen LogP contribution in [-0.4, -0.2) is 33.7 Å². The van der Waals surface area contributed by atoms with Gasteiger partial charge in [0.2, 0.25) is 5.91 Å². The number of aromatic nitrogens is 2. The van der Waals surface area contributed by atoms with Crippen LogP contribution in [0.4, 0.5) is 0 Å². The van der Waals surface area contributed by atoms with Gasteiger partial charge in [-0.05, 0) is 55.9 Å². The lowest BCUT2D eigenvalue weighted by atomic mass is 9.90. The van der Waals surface area contributed by atoms with E-state index in [9.17, 15) is 9.59 Å². The fourth-order valence-corrected chi connectivity index (χ4v) is 3.93. The van der Waals surface area contributed by atoms with E-state index in [0.29, 0.717) is 30.5 Å². The molecule has 2 aromatic heterocycles. The van der Waals surface area contributed by atoms with E-state index in [-0.39, 0.29) is 11.5 Å². The molecule has 6 nitrogen and oxygen atoms in total. The van der Waals surface area contributed by atoms with Crippen molar-refractivity contribution in [3.63, 3.8) is 0 Å². The standard InChI is InChI=1S/C23H25N3O3/c1-17(26-22(27)10-9-20(24-26)21-8-5-15-29-21)23(28)25-13-11-19(12-14-25)16-18-6-3-2-4-7-18/h2-10,15,17,19H,11-14,16H2,1H3. The van der Waals surface area contributed by atoms with Gasteiger partial charge in [0.1, 0.15) is 11.7 Å². The van der Waals surface area contributed by atoms with Gasteiger partial charge in [-0.15, -0.1) is 0 Å². The van der Waals surface area contributed by atoms with E-state index in [2.05, 4.69) is 29.4 Å². The van der Waals surface area contributed by atoms with Gasteiger partial charge in [-0.2, -0.15) is 5.10 Å². The van der Waals surface area contributed by atoms with E-state index in [1.165, 1.54) is 16.3 Å². The summed E-state index contributed by atoms with van der Waals surface area (Å²) < 4.78 is 6.62. The highest BCUT2D eigenvalue weighted by Gasteiger charge is 2.28. The second kappa shape index (κ2) is 8.47. The second-order valence-corrected chi connectivity index (χ2v) is 7.61. The highest BCUT2D eigenvalue weighted by molar-refractivity contribution is 5.80. The van der Waals surface area contributed by atoms with Crippen molar-refractivity contribution in [2.75, 3.05) is 13.1 Å². The van der Waals surface area contributed by atoms with Gasteiger partial charge < -0.3 is 9.32 Å². The Morgan fingerprint density at radius 2 is 1.86 bits per heavy atom. The molecule has 1 saturated heterocycles. The summed E-state index contributed by atoms with van der Waals surface area (Å²) in [7, 11) is 0. The molecule has 0 N–H and O–H groups in total. The maximum Gasteiger partial charge on any atom is 0.267 e. The van der Waals surface area contributed by atoms with Crippen LogP contribution in [0.1, 0.15) is 31.4 Å². The molecule has 0 spiro atoms. The van der Waals surface area contributed by atoms with Crippen LogP contribution in [0.25, 0.3) is 11.5 Å². The Morgan fingerprint density at radius 3 is 2.55 bits per heavy atom. The minimum Gasteiger partial charge on any atom is -0.463 e. The quantitative estimate of drug-likeness (QED) is 0.667. The van der Waals surface area contributed by atoms with Crippen molar-refractivity contribution in [1.29, 1.82) is 0 Å². The van der Waals surface area contributed by atoms with E-state index < -0.39 is 6.04 Å². The van der Waals surface area contributed by atoms with E-state index >= 15 is 0 Å². The molecular formula is C23H25N3O3.